The first-order chi connectivity index (χ1) is 22.5. The molecule has 0 amide bonds. The van der Waals surface area contributed by atoms with Crippen molar-refractivity contribution in [3.05, 3.63) is 87.1 Å². The monoisotopic (exact) mass is 659 g/mol. The number of aliphatic hydroxyl groups excluding tert-OH is 1. The van der Waals surface area contributed by atoms with Gasteiger partial charge in [-0.05, 0) is 86.1 Å². The van der Waals surface area contributed by atoms with Gasteiger partial charge in [-0.3, -0.25) is 0 Å². The number of hydrogen-bond donors (Lipinski definition) is 1. The SMILES string of the molecule is CCCN1C(=CC=C2CCCC(C=CC3=[N+](CCC)c4c(OC)cc(CO)cc4C3(C)C)=C2Cl)C(C)(C)c2cc(OC)cc(OC)c21. The zero-order chi connectivity index (χ0) is 34.1. The number of aliphatic hydroxyl groups is 1. The van der Waals surface area contributed by atoms with Crippen molar-refractivity contribution in [1.82, 2.24) is 0 Å². The normalized spacial score (nSPS) is 20.1. The Kier molecular flexibility index (Phi) is 10.3. The summed E-state index contributed by atoms with van der Waals surface area (Å²) in [5.74, 6) is 2.43. The van der Waals surface area contributed by atoms with Crippen molar-refractivity contribution in [2.24, 2.45) is 0 Å². The van der Waals surface area contributed by atoms with Crippen LogP contribution in [0, 0.1) is 0 Å². The number of rotatable bonds is 11. The fraction of sp³-hybridized carbons (Fsp3) is 0.475. The van der Waals surface area contributed by atoms with Crippen LogP contribution in [-0.4, -0.2) is 49.8 Å². The van der Waals surface area contributed by atoms with Gasteiger partial charge in [-0.15, -0.1) is 0 Å². The molecule has 2 heterocycles. The molecule has 2 aromatic carbocycles. The van der Waals surface area contributed by atoms with Crippen LogP contribution >= 0.6 is 11.6 Å². The van der Waals surface area contributed by atoms with Crippen LogP contribution in [0.2, 0.25) is 0 Å². The summed E-state index contributed by atoms with van der Waals surface area (Å²) in [6, 6.07) is 8.20. The summed E-state index contributed by atoms with van der Waals surface area (Å²) >= 11 is 7.22. The van der Waals surface area contributed by atoms with E-state index in [0.29, 0.717) is 0 Å². The van der Waals surface area contributed by atoms with Gasteiger partial charge in [0.25, 0.3) is 5.69 Å². The minimum Gasteiger partial charge on any atom is -0.497 e. The first-order valence-corrected chi connectivity index (χ1v) is 17.4. The molecule has 5 rings (SSSR count). The van der Waals surface area contributed by atoms with Crippen molar-refractivity contribution >= 4 is 28.7 Å². The number of hydrogen-bond acceptors (Lipinski definition) is 5. The molecule has 0 spiro atoms. The molecule has 0 fully saturated rings. The maximum absolute atomic E-state index is 9.96. The highest BCUT2D eigenvalue weighted by molar-refractivity contribution is 6.32. The van der Waals surface area contributed by atoms with E-state index in [-0.39, 0.29) is 17.4 Å². The Morgan fingerprint density at radius 1 is 0.872 bits per heavy atom. The van der Waals surface area contributed by atoms with Crippen LogP contribution in [0.5, 0.6) is 17.2 Å². The highest BCUT2D eigenvalue weighted by Crippen LogP contribution is 2.53. The van der Waals surface area contributed by atoms with Crippen LogP contribution < -0.4 is 19.1 Å². The van der Waals surface area contributed by atoms with Crippen molar-refractivity contribution in [2.75, 3.05) is 39.3 Å². The van der Waals surface area contributed by atoms with E-state index < -0.39 is 0 Å². The Bertz CT molecular complexity index is 1690. The Hall–Kier alpha value is -3.48. The zero-order valence-corrected chi connectivity index (χ0v) is 30.5. The van der Waals surface area contributed by atoms with E-state index in [1.54, 1.807) is 21.3 Å². The number of allylic oxidation sites excluding steroid dienone is 8. The average molecular weight is 660 g/mol. The smallest absolute Gasteiger partial charge is 0.252 e. The lowest BCUT2D eigenvalue weighted by Crippen LogP contribution is -2.28. The Morgan fingerprint density at radius 2 is 1.62 bits per heavy atom. The van der Waals surface area contributed by atoms with Gasteiger partial charge in [-0.25, -0.2) is 0 Å². The average Bonchev–Trinajstić information content (AvgIpc) is 3.41. The van der Waals surface area contributed by atoms with Gasteiger partial charge >= 0.3 is 0 Å². The fourth-order valence-electron chi connectivity index (χ4n) is 7.54. The van der Waals surface area contributed by atoms with Crippen molar-refractivity contribution < 1.29 is 23.9 Å². The van der Waals surface area contributed by atoms with E-state index in [9.17, 15) is 5.11 Å². The van der Waals surface area contributed by atoms with Gasteiger partial charge < -0.3 is 24.2 Å². The maximum Gasteiger partial charge on any atom is 0.252 e. The number of benzene rings is 2. The summed E-state index contributed by atoms with van der Waals surface area (Å²) in [6.45, 7) is 15.2. The van der Waals surface area contributed by atoms with E-state index in [1.807, 2.05) is 12.1 Å². The molecule has 2 aliphatic heterocycles. The Morgan fingerprint density at radius 3 is 2.26 bits per heavy atom. The summed E-state index contributed by atoms with van der Waals surface area (Å²) < 4.78 is 19.7. The Labute approximate surface area is 286 Å². The van der Waals surface area contributed by atoms with Gasteiger partial charge in [0, 0.05) is 46.8 Å². The zero-order valence-electron chi connectivity index (χ0n) is 29.7. The van der Waals surface area contributed by atoms with Crippen LogP contribution in [0.15, 0.2) is 70.4 Å². The van der Waals surface area contributed by atoms with Gasteiger partial charge in [-0.1, -0.05) is 51.4 Å². The number of fused-ring (bicyclic) bond motifs is 2. The van der Waals surface area contributed by atoms with Crippen molar-refractivity contribution in [1.29, 1.82) is 0 Å². The number of halogens is 1. The summed E-state index contributed by atoms with van der Waals surface area (Å²) in [4.78, 5) is 2.40. The lowest BCUT2D eigenvalue weighted by atomic mass is 9.80. The maximum atomic E-state index is 9.96. The standard InChI is InChI=1S/C40H52ClN2O4/c1-10-19-42-34(39(3,4)30-21-26(25-44)22-32(46-8)37(30)42)17-15-27-13-12-14-28(36(27)41)16-18-35-40(5,6)31-23-29(45-7)24-33(47-9)38(31)43(35)20-11-2/h15-18,21-24,44H,10-14,19-20,25H2,1-9H3/q+1. The minimum absolute atomic E-state index is 0.0202. The summed E-state index contributed by atoms with van der Waals surface area (Å²) in [5.41, 5.74) is 9.72. The van der Waals surface area contributed by atoms with Gasteiger partial charge in [0.2, 0.25) is 0 Å². The fourth-order valence-corrected chi connectivity index (χ4v) is 7.86. The third kappa shape index (κ3) is 6.15. The number of nitrogens with zero attached hydrogens (tertiary/aromatic N) is 2. The van der Waals surface area contributed by atoms with E-state index in [1.165, 1.54) is 22.5 Å². The third-order valence-electron chi connectivity index (χ3n) is 10.0. The van der Waals surface area contributed by atoms with E-state index in [2.05, 4.69) is 87.5 Å². The molecule has 0 radical (unpaired) electrons. The molecule has 6 nitrogen and oxygen atoms in total. The lowest BCUT2D eigenvalue weighted by molar-refractivity contribution is -0.438. The lowest BCUT2D eigenvalue weighted by Gasteiger charge is -2.27. The molecule has 2 aromatic rings. The van der Waals surface area contributed by atoms with Crippen LogP contribution in [0.3, 0.4) is 0 Å². The van der Waals surface area contributed by atoms with E-state index in [4.69, 9.17) is 25.8 Å². The molecule has 47 heavy (non-hydrogen) atoms. The predicted octanol–water partition coefficient (Wildman–Crippen LogP) is 9.24. The highest BCUT2D eigenvalue weighted by atomic mass is 35.5. The van der Waals surface area contributed by atoms with Crippen molar-refractivity contribution in [2.45, 2.75) is 91.1 Å². The van der Waals surface area contributed by atoms with Crippen molar-refractivity contribution in [3.63, 3.8) is 0 Å². The molecule has 3 aliphatic rings. The molecular formula is C40H52ClN2O4+. The topological polar surface area (TPSA) is 54.2 Å². The number of methoxy groups -OCH3 is 3. The molecular weight excluding hydrogens is 608 g/mol. The molecule has 252 valence electrons. The van der Waals surface area contributed by atoms with E-state index in [0.717, 1.165) is 95.6 Å². The Balaban J connectivity index is 1.54. The number of ether oxygens (including phenoxy) is 3. The number of anilines is 1. The summed E-state index contributed by atoms with van der Waals surface area (Å²) in [7, 11) is 5.14. The third-order valence-corrected chi connectivity index (χ3v) is 10.5. The van der Waals surface area contributed by atoms with Gasteiger partial charge in [-0.2, -0.15) is 4.58 Å². The molecule has 0 bridgehead atoms. The summed E-state index contributed by atoms with van der Waals surface area (Å²) in [5, 5.41) is 10.8. The van der Waals surface area contributed by atoms with Crippen LogP contribution in [0.1, 0.15) is 90.3 Å². The van der Waals surface area contributed by atoms with Gasteiger partial charge in [0.1, 0.15) is 18.0 Å². The largest absolute Gasteiger partial charge is 0.497 e. The molecule has 0 saturated carbocycles. The predicted molar refractivity (Wildman–Crippen MR) is 194 cm³/mol. The van der Waals surface area contributed by atoms with Crippen molar-refractivity contribution in [3.8, 4) is 17.2 Å². The van der Waals surface area contributed by atoms with Gasteiger partial charge in [0.15, 0.2) is 11.5 Å². The molecule has 0 saturated heterocycles. The second-order valence-corrected chi connectivity index (χ2v) is 14.2. The molecule has 0 aromatic heterocycles. The second kappa shape index (κ2) is 13.9. The second-order valence-electron chi connectivity index (χ2n) is 13.8. The van der Waals surface area contributed by atoms with Gasteiger partial charge in [0.05, 0.1) is 39.0 Å². The first-order valence-electron chi connectivity index (χ1n) is 17.0. The summed E-state index contributed by atoms with van der Waals surface area (Å²) in [6.07, 6.45) is 13.9. The van der Waals surface area contributed by atoms with Crippen LogP contribution in [0.25, 0.3) is 0 Å². The minimum atomic E-state index is -0.264. The highest BCUT2D eigenvalue weighted by Gasteiger charge is 2.46. The first kappa shape index (κ1) is 34.8. The molecule has 7 heteroatoms. The molecule has 1 N–H and O–H groups in total. The van der Waals surface area contributed by atoms with Crippen LogP contribution in [-0.2, 0) is 17.4 Å². The van der Waals surface area contributed by atoms with Crippen LogP contribution in [0.4, 0.5) is 11.4 Å². The molecule has 0 atom stereocenters. The quantitative estimate of drug-likeness (QED) is 0.244. The molecule has 0 unspecified atom stereocenters. The molecule has 1 aliphatic carbocycles. The van der Waals surface area contributed by atoms with E-state index >= 15 is 0 Å².